The van der Waals surface area contributed by atoms with E-state index in [1.807, 2.05) is 36.9 Å². The van der Waals surface area contributed by atoms with Crippen LogP contribution in [-0.2, 0) is 17.8 Å². The normalized spacial score (nSPS) is 18.8. The zero-order valence-corrected chi connectivity index (χ0v) is 12.7. The predicted octanol–water partition coefficient (Wildman–Crippen LogP) is 2.83. The van der Waals surface area contributed by atoms with Crippen molar-refractivity contribution in [3.05, 3.63) is 35.4 Å². The highest BCUT2D eigenvalue weighted by Crippen LogP contribution is 2.26. The molecule has 21 heavy (non-hydrogen) atoms. The summed E-state index contributed by atoms with van der Waals surface area (Å²) in [5.74, 6) is -0.760. The molecular formula is C17H22N2O2. The molecule has 2 rings (SSSR count). The van der Waals surface area contributed by atoms with Crippen LogP contribution in [0.2, 0.25) is 0 Å². The van der Waals surface area contributed by atoms with E-state index in [2.05, 4.69) is 12.1 Å². The lowest BCUT2D eigenvalue weighted by molar-refractivity contribution is -0.144. The standard InChI is InChI=1S/C17H22N2O2/c1-17(2,12-18)8-5-9-19-11-14-7-4-3-6-13(14)10-15(19)16(20)21/h3-4,6-7,15H,5,8-11H2,1-2H3,(H,20,21). The summed E-state index contributed by atoms with van der Waals surface area (Å²) < 4.78 is 0. The molecule has 1 aromatic carbocycles. The van der Waals surface area contributed by atoms with Crippen molar-refractivity contribution < 1.29 is 9.90 Å². The van der Waals surface area contributed by atoms with Gasteiger partial charge < -0.3 is 5.11 Å². The minimum absolute atomic E-state index is 0.341. The number of benzene rings is 1. The fraction of sp³-hybridized carbons (Fsp3) is 0.529. The molecule has 4 heteroatoms. The largest absolute Gasteiger partial charge is 0.480 e. The molecule has 0 aliphatic carbocycles. The SMILES string of the molecule is CC(C)(C#N)CCCN1Cc2ccccc2CC1C(=O)O. The number of carboxylic acids is 1. The van der Waals surface area contributed by atoms with Crippen LogP contribution in [-0.4, -0.2) is 28.6 Å². The quantitative estimate of drug-likeness (QED) is 0.904. The number of carbonyl (C=O) groups is 1. The van der Waals surface area contributed by atoms with Gasteiger partial charge in [0, 0.05) is 6.54 Å². The van der Waals surface area contributed by atoms with Crippen molar-refractivity contribution in [3.63, 3.8) is 0 Å². The van der Waals surface area contributed by atoms with Gasteiger partial charge in [0.25, 0.3) is 0 Å². The highest BCUT2D eigenvalue weighted by Gasteiger charge is 2.31. The third kappa shape index (κ3) is 3.83. The molecule has 0 aromatic heterocycles. The summed E-state index contributed by atoms with van der Waals surface area (Å²) in [4.78, 5) is 13.5. The number of fused-ring (bicyclic) bond motifs is 1. The van der Waals surface area contributed by atoms with Crippen LogP contribution in [0, 0.1) is 16.7 Å². The van der Waals surface area contributed by atoms with Crippen molar-refractivity contribution in [1.82, 2.24) is 4.90 Å². The minimum atomic E-state index is -0.760. The van der Waals surface area contributed by atoms with E-state index in [1.54, 1.807) is 0 Å². The third-order valence-electron chi connectivity index (χ3n) is 4.18. The fourth-order valence-electron chi connectivity index (χ4n) is 2.84. The van der Waals surface area contributed by atoms with Crippen LogP contribution in [0.3, 0.4) is 0 Å². The maximum Gasteiger partial charge on any atom is 0.321 e. The second kappa shape index (κ2) is 6.28. The average molecular weight is 286 g/mol. The summed E-state index contributed by atoms with van der Waals surface area (Å²) in [5, 5.41) is 18.5. The van der Waals surface area contributed by atoms with Crippen LogP contribution in [0.1, 0.15) is 37.8 Å². The Hall–Kier alpha value is -1.86. The molecule has 1 aliphatic heterocycles. The lowest BCUT2D eigenvalue weighted by atomic mass is 9.89. The Morgan fingerprint density at radius 2 is 2.10 bits per heavy atom. The van der Waals surface area contributed by atoms with Crippen LogP contribution in [0.4, 0.5) is 0 Å². The van der Waals surface area contributed by atoms with Crippen LogP contribution in [0.25, 0.3) is 0 Å². The predicted molar refractivity (Wildman–Crippen MR) is 80.6 cm³/mol. The smallest absolute Gasteiger partial charge is 0.321 e. The van der Waals surface area contributed by atoms with Gasteiger partial charge in [-0.25, -0.2) is 0 Å². The Balaban J connectivity index is 2.04. The van der Waals surface area contributed by atoms with Gasteiger partial charge in [-0.05, 0) is 50.8 Å². The number of nitriles is 1. The van der Waals surface area contributed by atoms with Gasteiger partial charge in [-0.2, -0.15) is 5.26 Å². The molecule has 1 aromatic rings. The molecule has 0 spiro atoms. The van der Waals surface area contributed by atoms with Crippen molar-refractivity contribution in [1.29, 1.82) is 5.26 Å². The molecular weight excluding hydrogens is 264 g/mol. The van der Waals surface area contributed by atoms with E-state index in [0.29, 0.717) is 13.0 Å². The lowest BCUT2D eigenvalue weighted by Crippen LogP contribution is -2.46. The Labute approximate surface area is 126 Å². The highest BCUT2D eigenvalue weighted by molar-refractivity contribution is 5.74. The van der Waals surface area contributed by atoms with E-state index < -0.39 is 12.0 Å². The van der Waals surface area contributed by atoms with Crippen molar-refractivity contribution in [2.24, 2.45) is 5.41 Å². The highest BCUT2D eigenvalue weighted by atomic mass is 16.4. The van der Waals surface area contributed by atoms with Gasteiger partial charge in [-0.3, -0.25) is 9.69 Å². The van der Waals surface area contributed by atoms with Gasteiger partial charge >= 0.3 is 5.97 Å². The number of nitrogens with zero attached hydrogens (tertiary/aromatic N) is 2. The monoisotopic (exact) mass is 286 g/mol. The number of carboxylic acid groups (broad SMARTS) is 1. The molecule has 1 unspecified atom stereocenters. The second-order valence-electron chi connectivity index (χ2n) is 6.40. The van der Waals surface area contributed by atoms with E-state index in [-0.39, 0.29) is 5.41 Å². The molecule has 112 valence electrons. The van der Waals surface area contributed by atoms with Gasteiger partial charge in [-0.1, -0.05) is 24.3 Å². The molecule has 0 radical (unpaired) electrons. The van der Waals surface area contributed by atoms with E-state index in [9.17, 15) is 9.90 Å². The number of hydrogen-bond acceptors (Lipinski definition) is 3. The van der Waals surface area contributed by atoms with Crippen molar-refractivity contribution in [2.75, 3.05) is 6.54 Å². The van der Waals surface area contributed by atoms with Gasteiger partial charge in [0.15, 0.2) is 0 Å². The van der Waals surface area contributed by atoms with Crippen LogP contribution in [0.5, 0.6) is 0 Å². The zero-order chi connectivity index (χ0) is 15.5. The van der Waals surface area contributed by atoms with Crippen LogP contribution < -0.4 is 0 Å². The number of hydrogen-bond donors (Lipinski definition) is 1. The first-order valence-corrected chi connectivity index (χ1v) is 7.38. The van der Waals surface area contributed by atoms with Gasteiger partial charge in [0.2, 0.25) is 0 Å². The summed E-state index contributed by atoms with van der Waals surface area (Å²) in [6.45, 7) is 5.25. The first-order chi connectivity index (χ1) is 9.93. The van der Waals surface area contributed by atoms with Crippen LogP contribution >= 0.6 is 0 Å². The molecule has 1 aliphatic rings. The summed E-state index contributed by atoms with van der Waals surface area (Å²) in [7, 11) is 0. The summed E-state index contributed by atoms with van der Waals surface area (Å²) in [6, 6.07) is 9.88. The third-order valence-corrected chi connectivity index (χ3v) is 4.18. The summed E-state index contributed by atoms with van der Waals surface area (Å²) in [5.41, 5.74) is 2.01. The van der Waals surface area contributed by atoms with E-state index in [4.69, 9.17) is 5.26 Å². The Bertz CT molecular complexity index is 560. The zero-order valence-electron chi connectivity index (χ0n) is 12.7. The number of aliphatic carboxylic acids is 1. The lowest BCUT2D eigenvalue weighted by Gasteiger charge is -2.34. The van der Waals surface area contributed by atoms with Crippen molar-refractivity contribution >= 4 is 5.97 Å². The van der Waals surface area contributed by atoms with Gasteiger partial charge in [0.1, 0.15) is 6.04 Å². The Morgan fingerprint density at radius 3 is 2.71 bits per heavy atom. The first kappa shape index (κ1) is 15.5. The van der Waals surface area contributed by atoms with Gasteiger partial charge in [-0.15, -0.1) is 0 Å². The molecule has 1 N–H and O–H groups in total. The van der Waals surface area contributed by atoms with Gasteiger partial charge in [0.05, 0.1) is 11.5 Å². The molecule has 1 atom stereocenters. The Morgan fingerprint density at radius 1 is 1.43 bits per heavy atom. The molecule has 4 nitrogen and oxygen atoms in total. The second-order valence-corrected chi connectivity index (χ2v) is 6.40. The van der Waals surface area contributed by atoms with E-state index in [0.717, 1.165) is 24.9 Å². The Kier molecular flexibility index (Phi) is 4.64. The van der Waals surface area contributed by atoms with E-state index >= 15 is 0 Å². The molecule has 0 saturated carbocycles. The fourth-order valence-corrected chi connectivity index (χ4v) is 2.84. The topological polar surface area (TPSA) is 64.3 Å². The number of rotatable bonds is 5. The maximum absolute atomic E-state index is 11.5. The summed E-state index contributed by atoms with van der Waals surface area (Å²) >= 11 is 0. The van der Waals surface area contributed by atoms with Crippen molar-refractivity contribution in [3.8, 4) is 6.07 Å². The average Bonchev–Trinajstić information content (AvgIpc) is 2.46. The molecule has 0 fully saturated rings. The molecule has 0 bridgehead atoms. The molecule has 1 heterocycles. The molecule has 0 amide bonds. The first-order valence-electron chi connectivity index (χ1n) is 7.38. The minimum Gasteiger partial charge on any atom is -0.480 e. The summed E-state index contributed by atoms with van der Waals surface area (Å²) in [6.07, 6.45) is 2.19. The maximum atomic E-state index is 11.5. The molecule has 0 saturated heterocycles. The van der Waals surface area contributed by atoms with E-state index in [1.165, 1.54) is 5.56 Å². The van der Waals surface area contributed by atoms with Crippen LogP contribution in [0.15, 0.2) is 24.3 Å². The van der Waals surface area contributed by atoms with Crippen molar-refractivity contribution in [2.45, 2.75) is 45.7 Å².